The number of hydrogen-bond acceptors (Lipinski definition) is 5. The van der Waals surface area contributed by atoms with Crippen LogP contribution in [-0.2, 0) is 0 Å². The molecule has 0 radical (unpaired) electrons. The normalized spacial score (nSPS) is 16.2. The monoisotopic (exact) mass is 420 g/mol. The highest BCUT2D eigenvalue weighted by atomic mass is 16.2. The topological polar surface area (TPSA) is 94.2 Å². The summed E-state index contributed by atoms with van der Waals surface area (Å²) in [5.41, 5.74) is 2.81. The van der Waals surface area contributed by atoms with Crippen LogP contribution in [0.3, 0.4) is 0 Å². The Morgan fingerprint density at radius 2 is 2.03 bits per heavy atom. The highest BCUT2D eigenvalue weighted by molar-refractivity contribution is 6.06. The van der Waals surface area contributed by atoms with Crippen LogP contribution < -0.4 is 10.2 Å². The third-order valence-corrected chi connectivity index (χ3v) is 5.56. The summed E-state index contributed by atoms with van der Waals surface area (Å²) in [5, 5.41) is 3.85. The zero-order valence-electron chi connectivity index (χ0n) is 18.3. The zero-order valence-corrected chi connectivity index (χ0v) is 18.3. The van der Waals surface area contributed by atoms with Crippen molar-refractivity contribution in [2.24, 2.45) is 0 Å². The Morgan fingerprint density at radius 3 is 2.77 bits per heavy atom. The molecule has 4 rings (SSSR count). The van der Waals surface area contributed by atoms with Crippen LogP contribution in [0.2, 0.25) is 0 Å². The van der Waals surface area contributed by atoms with E-state index in [1.165, 1.54) is 0 Å². The second kappa shape index (κ2) is 8.37. The molecule has 2 N–H and O–H groups in total. The lowest BCUT2D eigenvalue weighted by Gasteiger charge is -2.20. The van der Waals surface area contributed by atoms with Gasteiger partial charge in [-0.1, -0.05) is 6.07 Å². The summed E-state index contributed by atoms with van der Waals surface area (Å²) in [6.07, 6.45) is 4.19. The molecule has 1 aliphatic heterocycles. The number of nitrogens with zero attached hydrogens (tertiary/aromatic N) is 4. The molecule has 1 aliphatic rings. The Kier molecular flexibility index (Phi) is 5.63. The molecular formula is C23H28N6O2. The summed E-state index contributed by atoms with van der Waals surface area (Å²) in [4.78, 5) is 41.9. The number of hydrogen-bond donors (Lipinski definition) is 2. The molecule has 1 fully saturated rings. The standard InChI is InChI=1S/C23H28N6O2/c1-14(2)26-21(30)18-12-25-23(28(3)4)27-20(18)15-9-11-29(13-15)22(31)17-6-5-7-19-16(17)8-10-24-19/h5-8,10,12,14-15,24H,9,11,13H2,1-4H3,(H,26,30). The number of amides is 2. The first-order valence-corrected chi connectivity index (χ1v) is 10.6. The highest BCUT2D eigenvalue weighted by Crippen LogP contribution is 2.31. The van der Waals surface area contributed by atoms with E-state index in [1.54, 1.807) is 6.20 Å². The highest BCUT2D eigenvalue weighted by Gasteiger charge is 2.32. The minimum absolute atomic E-state index is 0.00257. The number of anilines is 1. The van der Waals surface area contributed by atoms with Crippen LogP contribution in [0.1, 0.15) is 52.6 Å². The van der Waals surface area contributed by atoms with E-state index in [2.05, 4.69) is 15.3 Å². The quantitative estimate of drug-likeness (QED) is 0.662. The number of likely N-dealkylation sites (tertiary alicyclic amines) is 1. The van der Waals surface area contributed by atoms with Gasteiger partial charge in [-0.3, -0.25) is 9.59 Å². The maximum atomic E-state index is 13.3. The third kappa shape index (κ3) is 4.10. The minimum Gasteiger partial charge on any atom is -0.361 e. The third-order valence-electron chi connectivity index (χ3n) is 5.56. The molecule has 1 atom stereocenters. The van der Waals surface area contributed by atoms with Crippen LogP contribution in [0.4, 0.5) is 5.95 Å². The SMILES string of the molecule is CC(C)NC(=O)c1cnc(N(C)C)nc1C1CCN(C(=O)c2cccc3[nH]ccc23)C1. The van der Waals surface area contributed by atoms with Gasteiger partial charge in [0.2, 0.25) is 5.95 Å². The van der Waals surface area contributed by atoms with Gasteiger partial charge in [0, 0.05) is 68.0 Å². The average Bonchev–Trinajstić information content (AvgIpc) is 3.41. The van der Waals surface area contributed by atoms with Gasteiger partial charge in [0.15, 0.2) is 0 Å². The summed E-state index contributed by atoms with van der Waals surface area (Å²) in [6, 6.07) is 7.65. The fourth-order valence-corrected chi connectivity index (χ4v) is 4.04. The molecular weight excluding hydrogens is 392 g/mol. The van der Waals surface area contributed by atoms with Gasteiger partial charge in [0.25, 0.3) is 11.8 Å². The molecule has 0 spiro atoms. The van der Waals surface area contributed by atoms with Gasteiger partial charge in [-0.15, -0.1) is 0 Å². The molecule has 0 saturated carbocycles. The van der Waals surface area contributed by atoms with Crippen LogP contribution in [0.25, 0.3) is 10.9 Å². The Morgan fingerprint density at radius 1 is 1.23 bits per heavy atom. The van der Waals surface area contributed by atoms with Crippen molar-refractivity contribution < 1.29 is 9.59 Å². The van der Waals surface area contributed by atoms with Gasteiger partial charge >= 0.3 is 0 Å². The lowest BCUT2D eigenvalue weighted by Crippen LogP contribution is -2.32. The number of aromatic amines is 1. The van der Waals surface area contributed by atoms with Gasteiger partial charge in [-0.25, -0.2) is 9.97 Å². The van der Waals surface area contributed by atoms with Gasteiger partial charge in [-0.2, -0.15) is 0 Å². The first-order valence-electron chi connectivity index (χ1n) is 10.6. The maximum Gasteiger partial charge on any atom is 0.254 e. The number of nitrogens with one attached hydrogen (secondary N) is 2. The van der Waals surface area contributed by atoms with Crippen LogP contribution in [0, 0.1) is 0 Å². The molecule has 0 aliphatic carbocycles. The number of rotatable bonds is 5. The van der Waals surface area contributed by atoms with Crippen LogP contribution in [-0.4, -0.2) is 64.9 Å². The number of aromatic nitrogens is 3. The fourth-order valence-electron chi connectivity index (χ4n) is 4.04. The molecule has 2 amide bonds. The van der Waals surface area contributed by atoms with E-state index in [0.717, 1.165) is 17.3 Å². The van der Waals surface area contributed by atoms with Gasteiger partial charge < -0.3 is 20.1 Å². The van der Waals surface area contributed by atoms with E-state index < -0.39 is 0 Å². The van der Waals surface area contributed by atoms with Crippen LogP contribution in [0.5, 0.6) is 0 Å². The Bertz CT molecular complexity index is 1120. The van der Waals surface area contributed by atoms with Gasteiger partial charge in [0.1, 0.15) is 0 Å². The predicted octanol–water partition coefficient (Wildman–Crippen LogP) is 2.79. The van der Waals surface area contributed by atoms with Crippen LogP contribution >= 0.6 is 0 Å². The molecule has 8 heteroatoms. The summed E-state index contributed by atoms with van der Waals surface area (Å²) in [7, 11) is 3.74. The second-order valence-electron chi connectivity index (χ2n) is 8.47. The van der Waals surface area contributed by atoms with Crippen molar-refractivity contribution in [2.75, 3.05) is 32.1 Å². The van der Waals surface area contributed by atoms with E-state index in [9.17, 15) is 9.59 Å². The van der Waals surface area contributed by atoms with Crippen molar-refractivity contribution in [1.82, 2.24) is 25.2 Å². The average molecular weight is 421 g/mol. The first kappa shape index (κ1) is 20.8. The van der Waals surface area contributed by atoms with Crippen LogP contribution in [0.15, 0.2) is 36.7 Å². The van der Waals surface area contributed by atoms with Crippen molar-refractivity contribution >= 4 is 28.7 Å². The van der Waals surface area contributed by atoms with E-state index in [4.69, 9.17) is 4.98 Å². The molecule has 1 aromatic carbocycles. The number of carbonyl (C=O) groups is 2. The molecule has 3 aromatic rings. The molecule has 2 aromatic heterocycles. The molecule has 8 nitrogen and oxygen atoms in total. The number of benzene rings is 1. The van der Waals surface area contributed by atoms with Crippen molar-refractivity contribution in [2.45, 2.75) is 32.2 Å². The van der Waals surface area contributed by atoms with Crippen molar-refractivity contribution in [3.8, 4) is 0 Å². The summed E-state index contributed by atoms with van der Waals surface area (Å²) >= 11 is 0. The van der Waals surface area contributed by atoms with E-state index in [1.807, 2.05) is 68.2 Å². The summed E-state index contributed by atoms with van der Waals surface area (Å²) in [5.74, 6) is 0.349. The lowest BCUT2D eigenvalue weighted by atomic mass is 9.99. The maximum absolute atomic E-state index is 13.3. The van der Waals surface area contributed by atoms with Gasteiger partial charge in [-0.05, 0) is 38.5 Å². The second-order valence-corrected chi connectivity index (χ2v) is 8.47. The molecule has 0 bridgehead atoms. The molecule has 1 saturated heterocycles. The largest absolute Gasteiger partial charge is 0.361 e. The number of H-pyrrole nitrogens is 1. The number of carbonyl (C=O) groups excluding carboxylic acids is 2. The smallest absolute Gasteiger partial charge is 0.254 e. The zero-order chi connectivity index (χ0) is 22.1. The fraction of sp³-hybridized carbons (Fsp3) is 0.391. The Hall–Kier alpha value is -3.42. The Balaban J connectivity index is 1.62. The van der Waals surface area contributed by atoms with E-state index in [0.29, 0.717) is 35.9 Å². The van der Waals surface area contributed by atoms with Crippen molar-refractivity contribution in [3.05, 3.63) is 53.5 Å². The predicted molar refractivity (Wildman–Crippen MR) is 121 cm³/mol. The Labute approximate surface area is 181 Å². The van der Waals surface area contributed by atoms with E-state index >= 15 is 0 Å². The summed E-state index contributed by atoms with van der Waals surface area (Å²) in [6.45, 7) is 4.98. The molecule has 31 heavy (non-hydrogen) atoms. The molecule has 1 unspecified atom stereocenters. The minimum atomic E-state index is -0.183. The van der Waals surface area contributed by atoms with Crippen molar-refractivity contribution in [3.63, 3.8) is 0 Å². The first-order chi connectivity index (χ1) is 14.8. The van der Waals surface area contributed by atoms with Crippen molar-refractivity contribution in [1.29, 1.82) is 0 Å². The summed E-state index contributed by atoms with van der Waals surface area (Å²) < 4.78 is 0. The van der Waals surface area contributed by atoms with Gasteiger partial charge in [0.05, 0.1) is 11.3 Å². The number of fused-ring (bicyclic) bond motifs is 1. The molecule has 3 heterocycles. The van der Waals surface area contributed by atoms with E-state index in [-0.39, 0.29) is 23.8 Å². The molecule has 162 valence electrons. The lowest BCUT2D eigenvalue weighted by molar-refractivity contribution is 0.0792.